The largest absolute Gasteiger partial charge is 0.481 e. The van der Waals surface area contributed by atoms with Gasteiger partial charge in [-0.1, -0.05) is 26.0 Å². The molecule has 0 fully saturated rings. The number of carbonyl (C=O) groups is 1. The zero-order chi connectivity index (χ0) is 23.0. The number of carboxylic acid groups (broad SMARTS) is 1. The van der Waals surface area contributed by atoms with Crippen LogP contribution >= 0.6 is 0 Å². The van der Waals surface area contributed by atoms with E-state index in [2.05, 4.69) is 0 Å². The van der Waals surface area contributed by atoms with Crippen LogP contribution in [0.4, 0.5) is 13.2 Å². The highest BCUT2D eigenvalue weighted by molar-refractivity contribution is 7.90. The van der Waals surface area contributed by atoms with E-state index in [1.54, 1.807) is 18.2 Å². The predicted molar refractivity (Wildman–Crippen MR) is 111 cm³/mol. The minimum atomic E-state index is -4.57. The first-order valence-corrected chi connectivity index (χ1v) is 11.1. The van der Waals surface area contributed by atoms with Crippen LogP contribution in [0.2, 0.25) is 0 Å². The molecule has 0 aliphatic rings. The summed E-state index contributed by atoms with van der Waals surface area (Å²) in [6, 6.07) is 10.7. The molecule has 2 aromatic carbocycles. The maximum Gasteiger partial charge on any atom is 0.416 e. The van der Waals surface area contributed by atoms with Gasteiger partial charge in [-0.25, -0.2) is 12.4 Å². The molecule has 1 aromatic heterocycles. The smallest absolute Gasteiger partial charge is 0.416 e. The van der Waals surface area contributed by atoms with Crippen molar-refractivity contribution >= 4 is 26.9 Å². The Bertz CT molecular complexity index is 1230. The van der Waals surface area contributed by atoms with E-state index in [-0.39, 0.29) is 46.7 Å². The zero-order valence-corrected chi connectivity index (χ0v) is 17.8. The van der Waals surface area contributed by atoms with Crippen molar-refractivity contribution in [2.75, 3.05) is 0 Å². The second-order valence-corrected chi connectivity index (χ2v) is 9.44. The number of hydrogen-bond donors (Lipinski definition) is 1. The topological polar surface area (TPSA) is 76.4 Å². The third kappa shape index (κ3) is 4.76. The first-order chi connectivity index (χ1) is 14.4. The third-order valence-electron chi connectivity index (χ3n) is 5.04. The Kier molecular flexibility index (Phi) is 6.18. The van der Waals surface area contributed by atoms with Crippen LogP contribution in [0.25, 0.3) is 10.9 Å². The highest BCUT2D eigenvalue weighted by atomic mass is 32.2. The molecule has 31 heavy (non-hydrogen) atoms. The Hall–Kier alpha value is -2.81. The van der Waals surface area contributed by atoms with Crippen LogP contribution in [0.3, 0.4) is 0 Å². The number of fused-ring (bicyclic) bond motifs is 1. The van der Waals surface area contributed by atoms with Gasteiger partial charge in [0.25, 0.3) is 10.0 Å². The average Bonchev–Trinajstić information content (AvgIpc) is 3.05. The summed E-state index contributed by atoms with van der Waals surface area (Å²) >= 11 is 0. The fourth-order valence-electron chi connectivity index (χ4n) is 3.44. The van der Waals surface area contributed by atoms with Crippen LogP contribution in [-0.2, 0) is 27.4 Å². The monoisotopic (exact) mass is 453 g/mol. The van der Waals surface area contributed by atoms with E-state index in [0.717, 1.165) is 27.7 Å². The summed E-state index contributed by atoms with van der Waals surface area (Å²) in [5.74, 6) is -0.949. The lowest BCUT2D eigenvalue weighted by Crippen LogP contribution is -2.16. The van der Waals surface area contributed by atoms with Crippen molar-refractivity contribution in [3.63, 3.8) is 0 Å². The molecule has 0 unspecified atom stereocenters. The van der Waals surface area contributed by atoms with Gasteiger partial charge in [-0.05, 0) is 60.7 Å². The molecule has 0 aliphatic heterocycles. The summed E-state index contributed by atoms with van der Waals surface area (Å²) < 4.78 is 67.5. The first kappa shape index (κ1) is 22.9. The van der Waals surface area contributed by atoms with Crippen LogP contribution in [0.1, 0.15) is 49.4 Å². The van der Waals surface area contributed by atoms with Crippen LogP contribution in [0, 0.1) is 0 Å². The summed E-state index contributed by atoms with van der Waals surface area (Å²) in [7, 11) is -4.12. The van der Waals surface area contributed by atoms with Crippen LogP contribution < -0.4 is 0 Å². The van der Waals surface area contributed by atoms with E-state index in [1.165, 1.54) is 12.1 Å². The van der Waals surface area contributed by atoms with Crippen molar-refractivity contribution in [1.82, 2.24) is 3.97 Å². The molecule has 0 atom stereocenters. The van der Waals surface area contributed by atoms with Crippen molar-refractivity contribution in [2.45, 2.75) is 50.1 Å². The predicted octanol–water partition coefficient (Wildman–Crippen LogP) is 5.43. The molecule has 3 aromatic rings. The zero-order valence-electron chi connectivity index (χ0n) is 17.0. The molecule has 0 radical (unpaired) electrons. The summed E-state index contributed by atoms with van der Waals surface area (Å²) in [4.78, 5) is 10.9. The Morgan fingerprint density at radius 2 is 1.81 bits per heavy atom. The van der Waals surface area contributed by atoms with E-state index in [1.807, 2.05) is 13.8 Å². The maximum absolute atomic E-state index is 13.5. The van der Waals surface area contributed by atoms with Gasteiger partial charge >= 0.3 is 12.1 Å². The number of rotatable bonds is 7. The number of alkyl halides is 3. The second kappa shape index (κ2) is 8.37. The van der Waals surface area contributed by atoms with Gasteiger partial charge in [0.15, 0.2) is 0 Å². The van der Waals surface area contributed by atoms with E-state index in [9.17, 15) is 26.4 Å². The van der Waals surface area contributed by atoms with Gasteiger partial charge < -0.3 is 5.11 Å². The molecule has 1 N–H and O–H groups in total. The Morgan fingerprint density at radius 1 is 1.10 bits per heavy atom. The van der Waals surface area contributed by atoms with E-state index in [4.69, 9.17) is 5.11 Å². The second-order valence-electron chi connectivity index (χ2n) is 7.65. The minimum Gasteiger partial charge on any atom is -0.481 e. The SMILES string of the molecule is CC(C)c1cccc(S(=O)(=O)n2c(CCCC(=O)O)cc3cc(C(F)(F)F)ccc32)c1. The van der Waals surface area contributed by atoms with Crippen LogP contribution in [0.5, 0.6) is 0 Å². The normalized spacial score (nSPS) is 12.6. The maximum atomic E-state index is 13.5. The lowest BCUT2D eigenvalue weighted by Gasteiger charge is -2.14. The Labute approximate surface area is 178 Å². The number of nitrogens with zero attached hydrogens (tertiary/aromatic N) is 1. The minimum absolute atomic E-state index is 0.0237. The van der Waals surface area contributed by atoms with Crippen molar-refractivity contribution in [1.29, 1.82) is 0 Å². The number of benzene rings is 2. The quantitative estimate of drug-likeness (QED) is 0.518. The average molecular weight is 453 g/mol. The highest BCUT2D eigenvalue weighted by Crippen LogP contribution is 2.34. The first-order valence-electron chi connectivity index (χ1n) is 9.70. The lowest BCUT2D eigenvalue weighted by atomic mass is 10.0. The molecule has 3 rings (SSSR count). The molecule has 5 nitrogen and oxygen atoms in total. The number of halogens is 3. The van der Waals surface area contributed by atoms with Gasteiger partial charge in [0.2, 0.25) is 0 Å². The van der Waals surface area contributed by atoms with E-state index >= 15 is 0 Å². The molecule has 0 saturated heterocycles. The number of aromatic nitrogens is 1. The summed E-state index contributed by atoms with van der Waals surface area (Å²) in [6.07, 6.45) is -4.51. The molecule has 166 valence electrons. The molecule has 0 spiro atoms. The molecule has 0 bridgehead atoms. The Morgan fingerprint density at radius 3 is 2.42 bits per heavy atom. The summed E-state index contributed by atoms with van der Waals surface area (Å²) in [6.45, 7) is 3.85. The summed E-state index contributed by atoms with van der Waals surface area (Å²) in [5.41, 5.74) is 0.288. The summed E-state index contributed by atoms with van der Waals surface area (Å²) in [5, 5.41) is 9.03. The molecule has 0 amide bonds. The van der Waals surface area contributed by atoms with Crippen LogP contribution in [-0.4, -0.2) is 23.5 Å². The van der Waals surface area contributed by atoms with Crippen LogP contribution in [0.15, 0.2) is 53.4 Å². The fraction of sp³-hybridized carbons (Fsp3) is 0.318. The standard InChI is InChI=1S/C22H22F3NO4S/c1-14(2)15-5-3-7-19(13-15)31(29,30)26-18(6-4-8-21(27)28)12-16-11-17(22(23,24)25)9-10-20(16)26/h3,5,7,9-14H,4,6,8H2,1-2H3,(H,27,28). The van der Waals surface area contributed by atoms with Gasteiger partial charge in [-0.2, -0.15) is 13.2 Å². The van der Waals surface area contributed by atoms with Gasteiger partial charge in [0, 0.05) is 17.5 Å². The molecule has 0 aliphatic carbocycles. The molecule has 1 heterocycles. The van der Waals surface area contributed by atoms with Gasteiger partial charge in [-0.15, -0.1) is 0 Å². The van der Waals surface area contributed by atoms with Gasteiger partial charge in [0.05, 0.1) is 16.0 Å². The van der Waals surface area contributed by atoms with Crippen molar-refractivity contribution in [3.05, 3.63) is 65.4 Å². The molecular weight excluding hydrogens is 431 g/mol. The van der Waals surface area contributed by atoms with Gasteiger partial charge in [0.1, 0.15) is 0 Å². The van der Waals surface area contributed by atoms with Gasteiger partial charge in [-0.3, -0.25) is 4.79 Å². The van der Waals surface area contributed by atoms with Crippen molar-refractivity contribution < 1.29 is 31.5 Å². The number of carboxylic acids is 1. The Balaban J connectivity index is 2.20. The van der Waals surface area contributed by atoms with Crippen molar-refractivity contribution in [2.24, 2.45) is 0 Å². The number of aliphatic carboxylic acids is 1. The lowest BCUT2D eigenvalue weighted by molar-refractivity contribution is -0.138. The molecular formula is C22H22F3NO4S. The number of aryl methyl sites for hydroxylation is 1. The highest BCUT2D eigenvalue weighted by Gasteiger charge is 2.32. The fourth-order valence-corrected chi connectivity index (χ4v) is 5.07. The third-order valence-corrected chi connectivity index (χ3v) is 6.80. The van der Waals surface area contributed by atoms with Crippen molar-refractivity contribution in [3.8, 4) is 0 Å². The number of hydrogen-bond acceptors (Lipinski definition) is 3. The molecule has 9 heteroatoms. The van der Waals surface area contributed by atoms with E-state index < -0.39 is 27.7 Å². The van der Waals surface area contributed by atoms with E-state index in [0.29, 0.717) is 0 Å². The molecule has 0 saturated carbocycles.